The van der Waals surface area contributed by atoms with E-state index in [1.807, 2.05) is 6.92 Å². The minimum absolute atomic E-state index is 0.113. The van der Waals surface area contributed by atoms with Gasteiger partial charge in [0, 0.05) is 11.1 Å². The Morgan fingerprint density at radius 1 is 1.69 bits per heavy atom. The molecule has 0 amide bonds. The molecule has 0 saturated heterocycles. The number of hydrogen-bond acceptors (Lipinski definition) is 6. The first kappa shape index (κ1) is 10.6. The van der Waals surface area contributed by atoms with Crippen molar-refractivity contribution in [2.24, 2.45) is 0 Å². The number of aryl methyl sites for hydroxylation is 1. The van der Waals surface area contributed by atoms with Crippen molar-refractivity contribution in [3.05, 3.63) is 28.0 Å². The standard InChI is InChI=1S/C9H9N3O3S/c1-5-2-10-7(16-5)3-11-9-12-6(4-15-9)8(13)14/h2,4H,3H2,1H3,(H,11,12)(H,13,14). The average Bonchev–Trinajstić information content (AvgIpc) is 2.83. The van der Waals surface area contributed by atoms with Gasteiger partial charge in [-0.3, -0.25) is 0 Å². The van der Waals surface area contributed by atoms with E-state index in [9.17, 15) is 4.79 Å². The lowest BCUT2D eigenvalue weighted by molar-refractivity contribution is 0.0690. The van der Waals surface area contributed by atoms with Gasteiger partial charge >= 0.3 is 5.97 Å². The zero-order valence-electron chi connectivity index (χ0n) is 8.43. The Kier molecular flexibility index (Phi) is 2.86. The molecule has 2 rings (SSSR count). The highest BCUT2D eigenvalue weighted by Gasteiger charge is 2.10. The zero-order chi connectivity index (χ0) is 11.5. The van der Waals surface area contributed by atoms with Crippen molar-refractivity contribution in [1.82, 2.24) is 9.97 Å². The SMILES string of the molecule is Cc1cnc(CNc2nc(C(=O)O)co2)s1. The van der Waals surface area contributed by atoms with Gasteiger partial charge in [0.15, 0.2) is 5.69 Å². The summed E-state index contributed by atoms with van der Waals surface area (Å²) in [6, 6.07) is 0.185. The second-order valence-electron chi connectivity index (χ2n) is 3.06. The fourth-order valence-corrected chi connectivity index (χ4v) is 1.81. The predicted molar refractivity (Wildman–Crippen MR) is 57.6 cm³/mol. The average molecular weight is 239 g/mol. The number of anilines is 1. The Labute approximate surface area is 95.0 Å². The van der Waals surface area contributed by atoms with Gasteiger partial charge in [-0.15, -0.1) is 11.3 Å². The number of aromatic carboxylic acids is 1. The van der Waals surface area contributed by atoms with Crippen LogP contribution in [0, 0.1) is 6.92 Å². The van der Waals surface area contributed by atoms with Crippen LogP contribution in [0.15, 0.2) is 16.9 Å². The fourth-order valence-electron chi connectivity index (χ4n) is 1.09. The third-order valence-electron chi connectivity index (χ3n) is 1.78. The Balaban J connectivity index is 1.97. The number of hydrogen-bond donors (Lipinski definition) is 2. The number of carboxylic acids is 1. The molecular formula is C9H9N3O3S. The summed E-state index contributed by atoms with van der Waals surface area (Å²) in [6.45, 7) is 2.44. The van der Waals surface area contributed by atoms with Crippen LogP contribution < -0.4 is 5.32 Å². The van der Waals surface area contributed by atoms with Gasteiger partial charge < -0.3 is 14.8 Å². The van der Waals surface area contributed by atoms with E-state index in [0.29, 0.717) is 6.54 Å². The van der Waals surface area contributed by atoms with E-state index in [1.165, 1.54) is 0 Å². The third-order valence-corrected chi connectivity index (χ3v) is 2.70. The number of carboxylic acid groups (broad SMARTS) is 1. The van der Waals surface area contributed by atoms with Crippen molar-refractivity contribution in [2.45, 2.75) is 13.5 Å². The maximum absolute atomic E-state index is 10.5. The van der Waals surface area contributed by atoms with Crippen molar-refractivity contribution in [2.75, 3.05) is 5.32 Å². The lowest BCUT2D eigenvalue weighted by atomic mass is 10.5. The number of thiazole rings is 1. The summed E-state index contributed by atoms with van der Waals surface area (Å²) in [7, 11) is 0. The lowest BCUT2D eigenvalue weighted by Crippen LogP contribution is -2.00. The van der Waals surface area contributed by atoms with Crippen LogP contribution in [0.1, 0.15) is 20.4 Å². The third kappa shape index (κ3) is 2.37. The number of carbonyl (C=O) groups is 1. The fraction of sp³-hybridized carbons (Fsp3) is 0.222. The van der Waals surface area contributed by atoms with Gasteiger partial charge in [-0.05, 0) is 6.92 Å². The molecule has 0 atom stereocenters. The van der Waals surface area contributed by atoms with E-state index in [-0.39, 0.29) is 11.7 Å². The molecule has 2 N–H and O–H groups in total. The Morgan fingerprint density at radius 2 is 2.50 bits per heavy atom. The second-order valence-corrected chi connectivity index (χ2v) is 4.38. The van der Waals surface area contributed by atoms with E-state index < -0.39 is 5.97 Å². The van der Waals surface area contributed by atoms with Crippen LogP contribution >= 0.6 is 11.3 Å². The van der Waals surface area contributed by atoms with Gasteiger partial charge in [0.05, 0.1) is 6.54 Å². The Morgan fingerprint density at radius 3 is 3.06 bits per heavy atom. The molecule has 0 radical (unpaired) electrons. The minimum atomic E-state index is -1.11. The number of aromatic nitrogens is 2. The van der Waals surface area contributed by atoms with Crippen LogP contribution in [0.4, 0.5) is 6.01 Å². The van der Waals surface area contributed by atoms with E-state index in [1.54, 1.807) is 17.5 Å². The number of nitrogens with zero attached hydrogens (tertiary/aromatic N) is 2. The molecule has 0 saturated carbocycles. The van der Waals surface area contributed by atoms with Crippen molar-refractivity contribution in [1.29, 1.82) is 0 Å². The van der Waals surface area contributed by atoms with E-state index in [4.69, 9.17) is 9.52 Å². The number of rotatable bonds is 4. The maximum Gasteiger partial charge on any atom is 0.357 e. The molecule has 2 aromatic heterocycles. The largest absolute Gasteiger partial charge is 0.476 e. The van der Waals surface area contributed by atoms with Crippen LogP contribution in [0.25, 0.3) is 0 Å². The summed E-state index contributed by atoms with van der Waals surface area (Å²) in [5, 5.41) is 12.4. The molecular weight excluding hydrogens is 230 g/mol. The topological polar surface area (TPSA) is 88.2 Å². The molecule has 16 heavy (non-hydrogen) atoms. The molecule has 2 heterocycles. The van der Waals surface area contributed by atoms with Crippen molar-refractivity contribution in [3.63, 3.8) is 0 Å². The smallest absolute Gasteiger partial charge is 0.357 e. The van der Waals surface area contributed by atoms with Gasteiger partial charge in [0.1, 0.15) is 11.3 Å². The lowest BCUT2D eigenvalue weighted by Gasteiger charge is -1.96. The molecule has 0 aliphatic rings. The van der Waals surface area contributed by atoms with Crippen molar-refractivity contribution >= 4 is 23.3 Å². The van der Waals surface area contributed by atoms with E-state index >= 15 is 0 Å². The first-order chi connectivity index (χ1) is 7.65. The molecule has 0 unspecified atom stereocenters. The molecule has 0 fully saturated rings. The molecule has 2 aromatic rings. The van der Waals surface area contributed by atoms with Gasteiger partial charge in [0.25, 0.3) is 6.01 Å². The first-order valence-corrected chi connectivity index (χ1v) is 5.31. The summed E-state index contributed by atoms with van der Waals surface area (Å²) in [5.74, 6) is -1.11. The maximum atomic E-state index is 10.5. The quantitative estimate of drug-likeness (QED) is 0.845. The van der Waals surface area contributed by atoms with Crippen LogP contribution in [-0.4, -0.2) is 21.0 Å². The van der Waals surface area contributed by atoms with Gasteiger partial charge in [-0.25, -0.2) is 9.78 Å². The van der Waals surface area contributed by atoms with Crippen molar-refractivity contribution < 1.29 is 14.3 Å². The summed E-state index contributed by atoms with van der Waals surface area (Å²) in [5.41, 5.74) is -0.113. The molecule has 0 aliphatic heterocycles. The van der Waals surface area contributed by atoms with Crippen LogP contribution in [0.3, 0.4) is 0 Å². The monoisotopic (exact) mass is 239 g/mol. The predicted octanol–water partition coefficient (Wildman–Crippen LogP) is 1.75. The molecule has 0 aliphatic carbocycles. The zero-order valence-corrected chi connectivity index (χ0v) is 9.24. The van der Waals surface area contributed by atoms with Gasteiger partial charge in [-0.1, -0.05) is 0 Å². The van der Waals surface area contributed by atoms with Crippen LogP contribution in [-0.2, 0) is 6.54 Å². The summed E-state index contributed by atoms with van der Waals surface area (Å²) in [4.78, 5) is 19.5. The Bertz CT molecular complexity index is 506. The molecule has 84 valence electrons. The second kappa shape index (κ2) is 4.31. The van der Waals surface area contributed by atoms with Crippen molar-refractivity contribution in [3.8, 4) is 0 Å². The highest BCUT2D eigenvalue weighted by atomic mass is 32.1. The first-order valence-electron chi connectivity index (χ1n) is 4.49. The van der Waals surface area contributed by atoms with Gasteiger partial charge in [-0.2, -0.15) is 4.98 Å². The summed E-state index contributed by atoms with van der Waals surface area (Å²) >= 11 is 1.56. The van der Waals surface area contributed by atoms with Crippen LogP contribution in [0.2, 0.25) is 0 Å². The summed E-state index contributed by atoms with van der Waals surface area (Å²) < 4.78 is 4.93. The Hall–Kier alpha value is -1.89. The normalized spacial score (nSPS) is 10.3. The molecule has 0 spiro atoms. The van der Waals surface area contributed by atoms with Crippen LogP contribution in [0.5, 0.6) is 0 Å². The van der Waals surface area contributed by atoms with Gasteiger partial charge in [0.2, 0.25) is 0 Å². The molecule has 0 aromatic carbocycles. The van der Waals surface area contributed by atoms with E-state index in [2.05, 4.69) is 15.3 Å². The molecule has 6 nitrogen and oxygen atoms in total. The minimum Gasteiger partial charge on any atom is -0.476 e. The molecule has 7 heteroatoms. The summed E-state index contributed by atoms with van der Waals surface area (Å²) in [6.07, 6.45) is 2.87. The highest BCUT2D eigenvalue weighted by Crippen LogP contribution is 2.13. The van der Waals surface area contributed by atoms with E-state index in [0.717, 1.165) is 16.1 Å². The highest BCUT2D eigenvalue weighted by molar-refractivity contribution is 7.11. The molecule has 0 bridgehead atoms. The number of nitrogens with one attached hydrogen (secondary N) is 1. The number of oxazole rings is 1.